The fourth-order valence-corrected chi connectivity index (χ4v) is 2.90. The molecule has 0 bridgehead atoms. The Labute approximate surface area is 151 Å². The van der Waals surface area contributed by atoms with E-state index in [9.17, 15) is 23.6 Å². The topological polar surface area (TPSA) is 122 Å². The molecule has 0 heterocycles. The molecule has 0 unspecified atom stereocenters. The van der Waals surface area contributed by atoms with Crippen LogP contribution in [0.15, 0.2) is 52.5 Å². The lowest BCUT2D eigenvalue weighted by Crippen LogP contribution is -2.19. The number of rotatable bonds is 5. The molecule has 0 aliphatic rings. The van der Waals surface area contributed by atoms with Crippen molar-refractivity contribution in [1.82, 2.24) is 4.83 Å². The van der Waals surface area contributed by atoms with Gasteiger partial charge in [-0.15, -0.1) is 0 Å². The third-order valence-electron chi connectivity index (χ3n) is 3.63. The molecule has 26 heavy (non-hydrogen) atoms. The maximum atomic E-state index is 12.2. The number of benzene rings is 2. The van der Waals surface area contributed by atoms with Crippen LogP contribution in [0.1, 0.15) is 31.9 Å². The van der Waals surface area contributed by atoms with Crippen LogP contribution in [-0.2, 0) is 15.4 Å². The summed E-state index contributed by atoms with van der Waals surface area (Å²) < 4.78 is 24.5. The van der Waals surface area contributed by atoms with Crippen molar-refractivity contribution in [1.29, 1.82) is 0 Å². The van der Waals surface area contributed by atoms with Crippen molar-refractivity contribution in [2.45, 2.75) is 31.1 Å². The van der Waals surface area contributed by atoms with E-state index in [1.165, 1.54) is 12.1 Å². The Kier molecular flexibility index (Phi) is 5.31. The minimum Gasteiger partial charge on any atom is -0.507 e. The van der Waals surface area contributed by atoms with Gasteiger partial charge < -0.3 is 5.11 Å². The van der Waals surface area contributed by atoms with Crippen LogP contribution in [0, 0.1) is 10.1 Å². The molecule has 138 valence electrons. The number of nitro benzene ring substituents is 1. The molecule has 0 fully saturated rings. The zero-order valence-corrected chi connectivity index (χ0v) is 15.3. The van der Waals surface area contributed by atoms with Crippen LogP contribution in [0.4, 0.5) is 5.69 Å². The number of nitrogens with one attached hydrogen (secondary N) is 1. The summed E-state index contributed by atoms with van der Waals surface area (Å²) >= 11 is 0. The highest BCUT2D eigenvalue weighted by Crippen LogP contribution is 2.23. The fourth-order valence-electron chi connectivity index (χ4n) is 2.11. The molecule has 0 aromatic heterocycles. The van der Waals surface area contributed by atoms with Gasteiger partial charge >= 0.3 is 0 Å². The Morgan fingerprint density at radius 1 is 1.15 bits per heavy atom. The first kappa shape index (κ1) is 19.4. The molecule has 2 aromatic carbocycles. The number of hydrogen-bond donors (Lipinski definition) is 2. The number of phenols is 1. The van der Waals surface area contributed by atoms with Crippen LogP contribution >= 0.6 is 0 Å². The highest BCUT2D eigenvalue weighted by atomic mass is 32.2. The van der Waals surface area contributed by atoms with Crippen molar-refractivity contribution in [2.75, 3.05) is 0 Å². The van der Waals surface area contributed by atoms with Gasteiger partial charge in [0.2, 0.25) is 0 Å². The summed E-state index contributed by atoms with van der Waals surface area (Å²) in [5.74, 6) is -0.256. The zero-order chi connectivity index (χ0) is 19.5. The summed E-state index contributed by atoms with van der Waals surface area (Å²) in [5, 5.41) is 24.0. The average molecular weight is 377 g/mol. The average Bonchev–Trinajstić information content (AvgIpc) is 2.55. The SMILES string of the molecule is CC(C)(C)c1ccc(S(=O)(=O)NN=Cc2cc([N+](=O)[O-])ccc2O)cc1. The summed E-state index contributed by atoms with van der Waals surface area (Å²) in [5.41, 5.74) is 0.657. The lowest BCUT2D eigenvalue weighted by Gasteiger charge is -2.19. The number of hydrazone groups is 1. The maximum absolute atomic E-state index is 12.2. The second-order valence-corrected chi connectivity index (χ2v) is 8.29. The van der Waals surface area contributed by atoms with Crippen molar-refractivity contribution in [3.05, 3.63) is 63.7 Å². The second kappa shape index (κ2) is 7.12. The predicted molar refractivity (Wildman–Crippen MR) is 97.8 cm³/mol. The van der Waals surface area contributed by atoms with E-state index in [1.54, 1.807) is 12.1 Å². The van der Waals surface area contributed by atoms with Crippen LogP contribution in [0.5, 0.6) is 5.75 Å². The summed E-state index contributed by atoms with van der Waals surface area (Å²) in [4.78, 5) is 12.2. The van der Waals surface area contributed by atoms with Gasteiger partial charge in [0.05, 0.1) is 16.0 Å². The van der Waals surface area contributed by atoms with Crippen LogP contribution in [0.25, 0.3) is 0 Å². The van der Waals surface area contributed by atoms with Crippen LogP contribution in [0.2, 0.25) is 0 Å². The number of sulfonamides is 1. The first-order chi connectivity index (χ1) is 12.0. The van der Waals surface area contributed by atoms with Crippen molar-refractivity contribution in [3.8, 4) is 5.75 Å². The maximum Gasteiger partial charge on any atom is 0.276 e. The van der Waals surface area contributed by atoms with Gasteiger partial charge in [-0.1, -0.05) is 32.9 Å². The third kappa shape index (κ3) is 4.57. The van der Waals surface area contributed by atoms with Crippen molar-refractivity contribution in [3.63, 3.8) is 0 Å². The summed E-state index contributed by atoms with van der Waals surface area (Å²) in [7, 11) is -3.90. The lowest BCUT2D eigenvalue weighted by atomic mass is 9.87. The Bertz CT molecular complexity index is 945. The zero-order valence-electron chi connectivity index (χ0n) is 14.5. The fraction of sp³-hybridized carbons (Fsp3) is 0.235. The van der Waals surface area contributed by atoms with Gasteiger partial charge in [0.1, 0.15) is 5.75 Å². The molecule has 0 aliphatic heterocycles. The summed E-state index contributed by atoms with van der Waals surface area (Å²) in [6, 6.07) is 9.76. The van der Waals surface area contributed by atoms with Crippen LogP contribution in [-0.4, -0.2) is 24.7 Å². The van der Waals surface area contributed by atoms with Gasteiger partial charge in [-0.25, -0.2) is 4.83 Å². The Balaban J connectivity index is 2.19. The highest BCUT2D eigenvalue weighted by molar-refractivity contribution is 7.89. The minimum absolute atomic E-state index is 0.0185. The Morgan fingerprint density at radius 3 is 2.31 bits per heavy atom. The van der Waals surface area contributed by atoms with E-state index in [-0.39, 0.29) is 27.3 Å². The Hall–Kier alpha value is -2.94. The van der Waals surface area contributed by atoms with Crippen molar-refractivity contribution in [2.24, 2.45) is 5.10 Å². The minimum atomic E-state index is -3.90. The summed E-state index contributed by atoms with van der Waals surface area (Å²) in [6.07, 6.45) is 1.00. The largest absolute Gasteiger partial charge is 0.507 e. The monoisotopic (exact) mass is 377 g/mol. The molecule has 2 N–H and O–H groups in total. The van der Waals surface area contributed by atoms with E-state index in [0.717, 1.165) is 30.0 Å². The number of aromatic hydroxyl groups is 1. The van der Waals surface area contributed by atoms with E-state index >= 15 is 0 Å². The number of hydrogen-bond acceptors (Lipinski definition) is 6. The third-order valence-corrected chi connectivity index (χ3v) is 4.87. The van der Waals surface area contributed by atoms with Gasteiger partial charge in [0.25, 0.3) is 15.7 Å². The molecule has 2 aromatic rings. The standard InChI is InChI=1S/C17H19N3O5S/c1-17(2,3)13-4-7-15(8-5-13)26(24,25)19-18-11-12-10-14(20(22)23)6-9-16(12)21/h4-11,19,21H,1-3H3. The van der Waals surface area contributed by atoms with E-state index in [1.807, 2.05) is 25.6 Å². The van der Waals surface area contributed by atoms with Crippen molar-refractivity contribution >= 4 is 21.9 Å². The molecule has 0 saturated carbocycles. The van der Waals surface area contributed by atoms with Crippen molar-refractivity contribution < 1.29 is 18.4 Å². The molecular weight excluding hydrogens is 358 g/mol. The normalized spacial score (nSPS) is 12.3. The first-order valence-electron chi connectivity index (χ1n) is 7.63. The molecule has 0 amide bonds. The van der Waals surface area contributed by atoms with Gasteiger partial charge in [-0.3, -0.25) is 10.1 Å². The van der Waals surface area contributed by atoms with Gasteiger partial charge in [0, 0.05) is 17.7 Å². The van der Waals surface area contributed by atoms with Gasteiger partial charge in [-0.05, 0) is 29.2 Å². The quantitative estimate of drug-likeness (QED) is 0.471. The van der Waals surface area contributed by atoms with E-state index in [2.05, 4.69) is 5.10 Å². The molecule has 8 nitrogen and oxygen atoms in total. The van der Waals surface area contributed by atoms with E-state index in [4.69, 9.17) is 0 Å². The highest BCUT2D eigenvalue weighted by Gasteiger charge is 2.17. The second-order valence-electron chi connectivity index (χ2n) is 6.63. The van der Waals surface area contributed by atoms with Gasteiger partial charge in [0.15, 0.2) is 0 Å². The molecule has 9 heteroatoms. The smallest absolute Gasteiger partial charge is 0.276 e. The molecule has 0 spiro atoms. The molecule has 0 aliphatic carbocycles. The summed E-state index contributed by atoms with van der Waals surface area (Å²) in [6.45, 7) is 6.06. The Morgan fingerprint density at radius 2 is 1.77 bits per heavy atom. The van der Waals surface area contributed by atoms with E-state index < -0.39 is 14.9 Å². The molecule has 0 atom stereocenters. The number of non-ortho nitro benzene ring substituents is 1. The molecule has 0 saturated heterocycles. The molecule has 2 rings (SSSR count). The predicted octanol–water partition coefficient (Wildman–Crippen LogP) is 2.91. The van der Waals surface area contributed by atoms with Gasteiger partial charge in [-0.2, -0.15) is 13.5 Å². The molecular formula is C17H19N3O5S. The first-order valence-corrected chi connectivity index (χ1v) is 9.12. The number of phenolic OH excluding ortho intramolecular Hbond substituents is 1. The van der Waals surface area contributed by atoms with Crippen LogP contribution in [0.3, 0.4) is 0 Å². The lowest BCUT2D eigenvalue weighted by molar-refractivity contribution is -0.384. The molecule has 0 radical (unpaired) electrons. The number of nitro groups is 1. The number of nitrogens with zero attached hydrogens (tertiary/aromatic N) is 2. The van der Waals surface area contributed by atoms with E-state index in [0.29, 0.717) is 0 Å². The van der Waals surface area contributed by atoms with Crippen LogP contribution < -0.4 is 4.83 Å².